The first-order valence-electron chi connectivity index (χ1n) is 9.11. The van der Waals surface area contributed by atoms with Crippen molar-refractivity contribution < 1.29 is 17.9 Å². The number of nitrogens with one attached hydrogen (secondary N) is 1. The van der Waals surface area contributed by atoms with Crippen LogP contribution in [0.2, 0.25) is 5.02 Å². The summed E-state index contributed by atoms with van der Waals surface area (Å²) in [6.07, 6.45) is 0.550. The predicted octanol–water partition coefficient (Wildman–Crippen LogP) is 3.48. The molecular weight excluding hydrogens is 400 g/mol. The van der Waals surface area contributed by atoms with Crippen LogP contribution in [0.25, 0.3) is 0 Å². The van der Waals surface area contributed by atoms with Gasteiger partial charge in [0.05, 0.1) is 18.1 Å². The Bertz CT molecular complexity index is 986. The van der Waals surface area contributed by atoms with E-state index >= 15 is 0 Å². The minimum atomic E-state index is -3.69. The van der Waals surface area contributed by atoms with Gasteiger partial charge in [-0.15, -0.1) is 0 Å². The van der Waals surface area contributed by atoms with Gasteiger partial charge in [-0.3, -0.25) is 4.79 Å². The third-order valence-corrected chi connectivity index (χ3v) is 7.12. The van der Waals surface area contributed by atoms with Crippen LogP contribution in [0.15, 0.2) is 41.3 Å². The van der Waals surface area contributed by atoms with Crippen LogP contribution in [0.4, 0.5) is 5.69 Å². The zero-order chi connectivity index (χ0) is 20.3. The maximum atomic E-state index is 13.1. The monoisotopic (exact) mass is 422 g/mol. The number of hydrogen-bond donors (Lipinski definition) is 1. The number of sulfonamides is 1. The van der Waals surface area contributed by atoms with E-state index in [9.17, 15) is 13.2 Å². The summed E-state index contributed by atoms with van der Waals surface area (Å²) in [6.45, 7) is 5.12. The van der Waals surface area contributed by atoms with Gasteiger partial charge in [0.25, 0.3) is 5.91 Å². The van der Waals surface area contributed by atoms with Crippen molar-refractivity contribution in [3.63, 3.8) is 0 Å². The smallest absolute Gasteiger partial charge is 0.255 e. The van der Waals surface area contributed by atoms with Crippen molar-refractivity contribution in [3.05, 3.63) is 58.1 Å². The van der Waals surface area contributed by atoms with Crippen molar-refractivity contribution in [2.75, 3.05) is 31.6 Å². The lowest BCUT2D eigenvalue weighted by Crippen LogP contribution is -2.41. The number of carbonyl (C=O) groups excluding carboxylic acids is 1. The molecule has 1 amide bonds. The fourth-order valence-electron chi connectivity index (χ4n) is 3.03. The number of carbonyl (C=O) groups is 1. The van der Waals surface area contributed by atoms with E-state index < -0.39 is 10.0 Å². The number of rotatable bonds is 5. The minimum Gasteiger partial charge on any atom is -0.379 e. The lowest BCUT2D eigenvalue weighted by atomic mass is 10.1. The Morgan fingerprint density at radius 3 is 2.54 bits per heavy atom. The fraction of sp³-hybridized carbons (Fsp3) is 0.350. The summed E-state index contributed by atoms with van der Waals surface area (Å²) in [5.74, 6) is -0.388. The Balaban J connectivity index is 1.91. The van der Waals surface area contributed by atoms with Crippen molar-refractivity contribution in [1.29, 1.82) is 0 Å². The Morgan fingerprint density at radius 1 is 1.18 bits per heavy atom. The molecule has 1 saturated heterocycles. The SMILES string of the molecule is CCc1ccc(C(=O)Nc2ccc(C)c(Cl)c2)cc1S(=O)(=O)N1CCOCC1. The van der Waals surface area contributed by atoms with Crippen LogP contribution >= 0.6 is 11.6 Å². The Kier molecular flexibility index (Phi) is 6.40. The Labute approximate surface area is 170 Å². The van der Waals surface area contributed by atoms with Crippen molar-refractivity contribution in [3.8, 4) is 0 Å². The van der Waals surface area contributed by atoms with Crippen LogP contribution in [-0.2, 0) is 21.2 Å². The van der Waals surface area contributed by atoms with Crippen molar-refractivity contribution >= 4 is 33.2 Å². The zero-order valence-electron chi connectivity index (χ0n) is 15.9. The molecule has 0 radical (unpaired) electrons. The van der Waals surface area contributed by atoms with Gasteiger partial charge in [-0.05, 0) is 48.7 Å². The fourth-order valence-corrected chi connectivity index (χ4v) is 4.94. The molecule has 6 nitrogen and oxygen atoms in total. The number of ether oxygens (including phenoxy) is 1. The second kappa shape index (κ2) is 8.61. The molecule has 1 fully saturated rings. The van der Waals surface area contributed by atoms with Gasteiger partial charge in [-0.25, -0.2) is 8.42 Å². The first kappa shape index (κ1) is 20.8. The third-order valence-electron chi connectivity index (χ3n) is 4.73. The average Bonchev–Trinajstić information content (AvgIpc) is 2.71. The first-order chi connectivity index (χ1) is 13.3. The molecule has 0 bridgehead atoms. The summed E-state index contributed by atoms with van der Waals surface area (Å²) >= 11 is 6.11. The maximum Gasteiger partial charge on any atom is 0.255 e. The molecule has 0 saturated carbocycles. The van der Waals surface area contributed by atoms with E-state index in [0.717, 1.165) is 5.56 Å². The van der Waals surface area contributed by atoms with Gasteiger partial charge in [-0.1, -0.05) is 30.7 Å². The number of hydrogen-bond acceptors (Lipinski definition) is 4. The molecule has 1 aliphatic rings. The molecule has 28 heavy (non-hydrogen) atoms. The lowest BCUT2D eigenvalue weighted by molar-refractivity contribution is 0.0730. The van der Waals surface area contributed by atoms with E-state index in [0.29, 0.717) is 49.0 Å². The molecule has 1 N–H and O–H groups in total. The highest BCUT2D eigenvalue weighted by Gasteiger charge is 2.29. The van der Waals surface area contributed by atoms with E-state index in [1.54, 1.807) is 24.3 Å². The van der Waals surface area contributed by atoms with E-state index in [4.69, 9.17) is 16.3 Å². The number of morpholine rings is 1. The highest BCUT2D eigenvalue weighted by Crippen LogP contribution is 2.25. The van der Waals surface area contributed by atoms with Crippen LogP contribution in [-0.4, -0.2) is 44.9 Å². The third kappa shape index (κ3) is 4.38. The van der Waals surface area contributed by atoms with Gasteiger partial charge in [-0.2, -0.15) is 4.31 Å². The van der Waals surface area contributed by atoms with Crippen LogP contribution in [0.5, 0.6) is 0 Å². The van der Waals surface area contributed by atoms with E-state index in [2.05, 4.69) is 5.32 Å². The summed E-state index contributed by atoms with van der Waals surface area (Å²) in [7, 11) is -3.69. The highest BCUT2D eigenvalue weighted by molar-refractivity contribution is 7.89. The second-order valence-corrected chi connectivity index (χ2v) is 8.92. The Morgan fingerprint density at radius 2 is 1.89 bits per heavy atom. The lowest BCUT2D eigenvalue weighted by Gasteiger charge is -2.27. The molecule has 8 heteroatoms. The van der Waals surface area contributed by atoms with Crippen LogP contribution in [0, 0.1) is 6.92 Å². The molecule has 150 valence electrons. The minimum absolute atomic E-state index is 0.173. The molecule has 1 aliphatic heterocycles. The molecule has 2 aromatic carbocycles. The van der Waals surface area contributed by atoms with Crippen molar-refractivity contribution in [1.82, 2.24) is 4.31 Å². The van der Waals surface area contributed by atoms with E-state index in [-0.39, 0.29) is 16.4 Å². The van der Waals surface area contributed by atoms with Crippen molar-refractivity contribution in [2.24, 2.45) is 0 Å². The van der Waals surface area contributed by atoms with Crippen LogP contribution in [0.1, 0.15) is 28.4 Å². The number of amides is 1. The molecule has 3 rings (SSSR count). The summed E-state index contributed by atoms with van der Waals surface area (Å²) in [4.78, 5) is 12.9. The molecule has 0 unspecified atom stereocenters. The van der Waals surface area contributed by atoms with E-state index in [1.807, 2.05) is 19.9 Å². The highest BCUT2D eigenvalue weighted by atomic mass is 35.5. The Hall–Kier alpha value is -1.93. The second-order valence-electron chi connectivity index (χ2n) is 6.61. The average molecular weight is 423 g/mol. The number of benzene rings is 2. The van der Waals surface area contributed by atoms with Gasteiger partial charge in [0.2, 0.25) is 10.0 Å². The summed E-state index contributed by atoms with van der Waals surface area (Å²) in [5.41, 5.74) is 2.42. The molecule has 0 aliphatic carbocycles. The maximum absolute atomic E-state index is 13.1. The van der Waals surface area contributed by atoms with Gasteiger partial charge in [0, 0.05) is 29.4 Å². The number of aryl methyl sites for hydroxylation is 2. The molecule has 0 atom stereocenters. The predicted molar refractivity (Wildman–Crippen MR) is 110 cm³/mol. The molecular formula is C20H23ClN2O4S. The number of anilines is 1. The summed E-state index contributed by atoms with van der Waals surface area (Å²) in [6, 6.07) is 10.0. The molecule has 2 aromatic rings. The zero-order valence-corrected chi connectivity index (χ0v) is 17.4. The number of nitrogens with zero attached hydrogens (tertiary/aromatic N) is 1. The largest absolute Gasteiger partial charge is 0.379 e. The van der Waals surface area contributed by atoms with Crippen LogP contribution < -0.4 is 5.32 Å². The van der Waals surface area contributed by atoms with E-state index in [1.165, 1.54) is 10.4 Å². The standard InChI is InChI=1S/C20H23ClN2O4S/c1-3-15-5-6-16(20(24)22-17-7-4-14(2)18(21)13-17)12-19(15)28(25,26)23-8-10-27-11-9-23/h4-7,12-13H,3,8-11H2,1-2H3,(H,22,24). The summed E-state index contributed by atoms with van der Waals surface area (Å²) in [5, 5.41) is 3.32. The topological polar surface area (TPSA) is 75.7 Å². The van der Waals surface area contributed by atoms with Crippen molar-refractivity contribution in [2.45, 2.75) is 25.2 Å². The first-order valence-corrected chi connectivity index (χ1v) is 10.9. The van der Waals surface area contributed by atoms with Gasteiger partial charge in [0.1, 0.15) is 0 Å². The summed E-state index contributed by atoms with van der Waals surface area (Å²) < 4.78 is 32.9. The number of halogens is 1. The van der Waals surface area contributed by atoms with Crippen LogP contribution in [0.3, 0.4) is 0 Å². The molecule has 0 aromatic heterocycles. The van der Waals surface area contributed by atoms with Gasteiger partial charge < -0.3 is 10.1 Å². The quantitative estimate of drug-likeness (QED) is 0.800. The van der Waals surface area contributed by atoms with Gasteiger partial charge >= 0.3 is 0 Å². The van der Waals surface area contributed by atoms with Gasteiger partial charge in [0.15, 0.2) is 0 Å². The normalized spacial score (nSPS) is 15.4. The molecule has 1 heterocycles. The molecule has 0 spiro atoms.